The van der Waals surface area contributed by atoms with E-state index in [4.69, 9.17) is 9.97 Å². The van der Waals surface area contributed by atoms with E-state index in [9.17, 15) is 39.0 Å². The summed E-state index contributed by atoms with van der Waals surface area (Å²) >= 11 is 0. The number of carbonyl (C=O) groups excluding carboxylic acids is 4. The maximum absolute atomic E-state index is 15.7. The number of aromatic hydroxyl groups is 2. The van der Waals surface area contributed by atoms with Crippen LogP contribution < -0.4 is 43.2 Å². The number of hydrogen-bond acceptors (Lipinski definition) is 14. The van der Waals surface area contributed by atoms with E-state index < -0.39 is 57.0 Å². The van der Waals surface area contributed by atoms with Crippen LogP contribution in [-0.4, -0.2) is 82.8 Å². The molecule has 10 aromatic heterocycles. The van der Waals surface area contributed by atoms with E-state index in [1.807, 2.05) is 182 Å². The molecular weight excluding hydrogens is 1610 g/mol. The van der Waals surface area contributed by atoms with Gasteiger partial charge in [-0.1, -0.05) is 200 Å². The number of benzene rings is 14. The van der Waals surface area contributed by atoms with Crippen LogP contribution in [0.3, 0.4) is 0 Å². The van der Waals surface area contributed by atoms with E-state index in [0.29, 0.717) is 182 Å². The number of carbonyl (C=O) groups is 4. The lowest BCUT2D eigenvalue weighted by atomic mass is 9.80. The monoisotopic (exact) mass is 1680 g/mol. The number of aromatic nitrogens is 10. The summed E-state index contributed by atoms with van der Waals surface area (Å²) in [6.07, 6.45) is 2.99. The Kier molecular flexibility index (Phi) is 15.6. The fraction of sp³-hybridized carbons (Fsp3) is 0.135. The highest BCUT2D eigenvalue weighted by atomic mass is 16.3. The van der Waals surface area contributed by atoms with Crippen molar-refractivity contribution in [2.75, 3.05) is 9.80 Å². The minimum Gasteiger partial charge on any atom is -0.494 e. The number of anilines is 2. The minimum atomic E-state index is -0.576. The van der Waals surface area contributed by atoms with Crippen LogP contribution in [0.1, 0.15) is 130 Å². The van der Waals surface area contributed by atoms with Crippen LogP contribution in [0.2, 0.25) is 0 Å². The van der Waals surface area contributed by atoms with Gasteiger partial charge in [-0.15, -0.1) is 0 Å². The van der Waals surface area contributed by atoms with Crippen molar-refractivity contribution in [3.8, 4) is 11.8 Å². The molecule has 8 N–H and O–H groups in total. The lowest BCUT2D eigenvalue weighted by molar-refractivity contribution is 0.0875. The number of amides is 4. The Balaban J connectivity index is 0.000000112. The molecule has 0 spiro atoms. The zero-order chi connectivity index (χ0) is 87.8. The smallest absolute Gasteiger partial charge is 0.268 e. The van der Waals surface area contributed by atoms with Crippen molar-refractivity contribution in [2.24, 2.45) is 14.1 Å². The molecule has 0 atom stereocenters. The summed E-state index contributed by atoms with van der Waals surface area (Å²) in [6, 6.07) is 57.2. The normalized spacial score (nSPS) is 13.4. The highest BCUT2D eigenvalue weighted by Gasteiger charge is 2.48. The number of hydrogen-bond donors (Lipinski definition) is 8. The Morgan fingerprint density at radius 3 is 1.14 bits per heavy atom. The van der Waals surface area contributed by atoms with Gasteiger partial charge in [-0.3, -0.25) is 67.0 Å². The first kappa shape index (κ1) is 75.3. The Hall–Kier alpha value is -16.5. The van der Waals surface area contributed by atoms with Crippen molar-refractivity contribution in [2.45, 2.75) is 79.1 Å². The summed E-state index contributed by atoms with van der Waals surface area (Å²) in [5.41, 5.74) is 10.1. The van der Waals surface area contributed by atoms with Gasteiger partial charge in [0, 0.05) is 133 Å². The molecule has 0 radical (unpaired) electrons. The van der Waals surface area contributed by atoms with E-state index in [2.05, 4.69) is 71.4 Å². The van der Waals surface area contributed by atoms with Crippen LogP contribution in [0.4, 0.5) is 11.4 Å². The molecule has 24 heteroatoms. The summed E-state index contributed by atoms with van der Waals surface area (Å²) in [5.74, 6) is -2.45. The van der Waals surface area contributed by atoms with Crippen molar-refractivity contribution in [3.63, 3.8) is 0 Å². The van der Waals surface area contributed by atoms with Gasteiger partial charge in [0.25, 0.3) is 57.0 Å². The second-order valence-electron chi connectivity index (χ2n) is 34.5. The van der Waals surface area contributed by atoms with Crippen LogP contribution in [0.5, 0.6) is 11.8 Å². The molecule has 2 aliphatic heterocycles. The lowest BCUT2D eigenvalue weighted by Crippen LogP contribution is -2.45. The van der Waals surface area contributed by atoms with Gasteiger partial charge in [-0.25, -0.2) is 19.8 Å². The molecule has 0 aliphatic carbocycles. The van der Waals surface area contributed by atoms with Gasteiger partial charge >= 0.3 is 0 Å². The third-order valence-electron chi connectivity index (χ3n) is 27.0. The largest absolute Gasteiger partial charge is 0.494 e. The molecule has 0 saturated heterocycles. The average Bonchev–Trinajstić information content (AvgIpc) is 1.41. The molecule has 4 amide bonds. The van der Waals surface area contributed by atoms with Gasteiger partial charge in [-0.05, 0) is 83.3 Å². The van der Waals surface area contributed by atoms with Crippen molar-refractivity contribution in [3.05, 3.63) is 289 Å². The topological polar surface area (TPSA) is 348 Å². The number of rotatable bonds is 8. The molecule has 0 fully saturated rings. The fourth-order valence-electron chi connectivity index (χ4n) is 21.8. The second-order valence-corrected chi connectivity index (χ2v) is 34.5. The number of para-hydroxylation sites is 8. The lowest BCUT2D eigenvalue weighted by Gasteiger charge is -2.36. The summed E-state index contributed by atoms with van der Waals surface area (Å²) in [6.45, 7) is 12.5. The molecule has 12 heterocycles. The summed E-state index contributed by atoms with van der Waals surface area (Å²) < 4.78 is 2.32. The van der Waals surface area contributed by atoms with Crippen LogP contribution in [-0.2, 0) is 26.9 Å². The van der Waals surface area contributed by atoms with Gasteiger partial charge < -0.3 is 30.1 Å². The standard InChI is InChI=1S/C50H44N4O4.C28H16N4O4.C26H12N4O4/c1-7-15-27-17-13-21-29(25(3)4)45(27)53-47(55)39-35-31-19-9-11-23-33(31)52-44(35)42-38-37(39)41(49(53)57)43-36(32-20-10-12-24-34(32)51-43)40(38)48(56)54(50(42)58)46-28(16-8-2)18-14-22-30(46)26(5)6;1-31-25(33)19-15-11-7-3-5-9-13(11)30-24(15)22-18-17(19)21(27(31)35)23-16(12-8-4-6-10-14(12)29-23)20(18)26(34)32(2)28(22)36;31-23-17-13-9-5-1-3-7-11(9)27-21(13)19-16-15(17)20(26(34)29-23)22-14(18(16)24(32)30-25(19)33)10-6-2-4-8-12(10)28-22/h9-14,17-26,51-52H,7-8,15-16H2,1-6H3;3-10,29,36H,1-2H3;1-8,27H,(H,29,31,34)(H2,30,32,33). The first-order chi connectivity index (χ1) is 62.0. The average molecular weight is 1680 g/mol. The Labute approximate surface area is 718 Å². The number of H-pyrrole nitrogens is 6. The minimum absolute atomic E-state index is 0.0120. The van der Waals surface area contributed by atoms with Crippen LogP contribution >= 0.6 is 0 Å². The molecule has 0 saturated carbocycles. The van der Waals surface area contributed by atoms with Crippen molar-refractivity contribution >= 4 is 241 Å². The van der Waals surface area contributed by atoms with Crippen LogP contribution in [0.15, 0.2) is 211 Å². The molecule has 620 valence electrons. The summed E-state index contributed by atoms with van der Waals surface area (Å²) in [5, 5.41) is 34.9. The van der Waals surface area contributed by atoms with E-state index in [1.54, 1.807) is 0 Å². The predicted molar refractivity (Wildman–Crippen MR) is 509 cm³/mol. The highest BCUT2D eigenvalue weighted by Crippen LogP contribution is 2.55. The Bertz CT molecular complexity index is 9510. The maximum Gasteiger partial charge on any atom is 0.268 e. The van der Waals surface area contributed by atoms with Gasteiger partial charge in [0.2, 0.25) is 11.8 Å². The molecule has 26 rings (SSSR count). The Morgan fingerprint density at radius 2 is 0.656 bits per heavy atom. The van der Waals surface area contributed by atoms with E-state index in [1.165, 1.54) is 28.5 Å². The third kappa shape index (κ3) is 9.54. The van der Waals surface area contributed by atoms with Crippen LogP contribution in [0, 0.1) is 0 Å². The van der Waals surface area contributed by atoms with Crippen molar-refractivity contribution in [1.29, 1.82) is 0 Å². The molecule has 14 aromatic carbocycles. The van der Waals surface area contributed by atoms with Gasteiger partial charge in [0.1, 0.15) is 0 Å². The van der Waals surface area contributed by atoms with E-state index in [-0.39, 0.29) is 40.1 Å². The van der Waals surface area contributed by atoms with Crippen molar-refractivity contribution < 1.29 is 29.4 Å². The number of pyridine rings is 4. The highest BCUT2D eigenvalue weighted by molar-refractivity contribution is 6.53. The quantitative estimate of drug-likeness (QED) is 0.0518. The molecule has 128 heavy (non-hydrogen) atoms. The van der Waals surface area contributed by atoms with Crippen molar-refractivity contribution in [1.82, 2.24) is 49.0 Å². The molecule has 24 nitrogen and oxygen atoms in total. The van der Waals surface area contributed by atoms with E-state index >= 15 is 19.2 Å². The van der Waals surface area contributed by atoms with Gasteiger partial charge in [0.05, 0.1) is 121 Å². The van der Waals surface area contributed by atoms with E-state index in [0.717, 1.165) is 94.0 Å². The molecule has 0 bridgehead atoms. The molecule has 2 aliphatic rings. The molecule has 0 unspecified atom stereocenters. The van der Waals surface area contributed by atoms with Gasteiger partial charge in [0.15, 0.2) is 0 Å². The summed E-state index contributed by atoms with van der Waals surface area (Å²) in [7, 11) is 2.98. The number of nitrogens with zero attached hydrogens (tertiary/aromatic N) is 6. The number of aromatic amines is 6. The number of nitrogens with one attached hydrogen (secondary N) is 6. The molecular formula is C104H72N12O12. The fourth-order valence-corrected chi connectivity index (χ4v) is 21.8. The number of fused-ring (bicyclic) bond motifs is 30. The maximum atomic E-state index is 15.7. The Morgan fingerprint density at radius 1 is 0.305 bits per heavy atom. The zero-order valence-electron chi connectivity index (χ0n) is 70.0. The number of aryl methyl sites for hydroxylation is 2. The third-order valence-corrected chi connectivity index (χ3v) is 27.0. The predicted octanol–water partition coefficient (Wildman–Crippen LogP) is 19.5. The first-order valence-corrected chi connectivity index (χ1v) is 42.7. The summed E-state index contributed by atoms with van der Waals surface area (Å²) in [4.78, 5) is 175. The van der Waals surface area contributed by atoms with Crippen LogP contribution in [0.25, 0.3) is 206 Å². The van der Waals surface area contributed by atoms with Gasteiger partial charge in [-0.2, -0.15) is 0 Å². The zero-order valence-corrected chi connectivity index (χ0v) is 70.0. The SMILES string of the molecule is CCCc1cccc(C(C)C)c1N1C(=O)c2c3[nH]c4ccccc4c3c3c4c(c5[nH]c6ccccc6c5c(c24)C1=O)C(=O)N(c1c(CCC)cccc1C(C)C)C3=O.Cn1c(O)c2c3nc4ccccc4c3c3c(=O)n(C)c(=O)c4c5[nH]c6ccccc6c5c(c1=O)c2c43.O=c1[nH]c(O)c2c3[nH]c4ccccc4c3c3c(=O)[nH]c(=O)c4c5nc6ccccc6c5c1c2c43. The first-order valence-electron chi connectivity index (χ1n) is 42.7. The molecule has 24 aromatic rings. The second kappa shape index (κ2) is 26.5. The number of imide groups is 2.